The van der Waals surface area contributed by atoms with E-state index in [0.717, 1.165) is 57.8 Å². The van der Waals surface area contributed by atoms with E-state index < -0.39 is 23.8 Å². The Morgan fingerprint density at radius 1 is 0.574 bits per heavy atom. The largest absolute Gasteiger partial charge is 0.481 e. The number of carboxylic acid groups (broad SMARTS) is 1. The molecule has 0 amide bonds. The third-order valence-corrected chi connectivity index (χ3v) is 17.9. The topological polar surface area (TPSA) is 146 Å². The minimum absolute atomic E-state index is 0. The Labute approximate surface area is 373 Å². The van der Waals surface area contributed by atoms with Crippen molar-refractivity contribution in [2.75, 3.05) is 20.3 Å². The van der Waals surface area contributed by atoms with Gasteiger partial charge in [0.05, 0.1) is 43.3 Å². The number of rotatable bonds is 9. The molecule has 8 saturated carbocycles. The number of aliphatic carboxylic acids is 1. The third-order valence-electron chi connectivity index (χ3n) is 17.9. The highest BCUT2D eigenvalue weighted by Gasteiger charge is 2.71. The minimum atomic E-state index is -0.679. The maximum Gasteiger partial charge on any atom is 0.317 e. The lowest BCUT2D eigenvalue weighted by Crippen LogP contribution is -2.51. The summed E-state index contributed by atoms with van der Waals surface area (Å²) < 4.78 is 21.9. The molecule has 0 aromatic rings. The predicted molar refractivity (Wildman–Crippen MR) is 245 cm³/mol. The average Bonchev–Trinajstić information content (AvgIpc) is 3.88. The lowest BCUT2D eigenvalue weighted by Gasteiger charge is -2.53. The lowest BCUT2D eigenvalue weighted by atomic mass is 9.51. The van der Waals surface area contributed by atoms with Crippen LogP contribution in [0, 0.1) is 124 Å². The van der Waals surface area contributed by atoms with E-state index in [1.807, 2.05) is 6.92 Å². The van der Waals surface area contributed by atoms with Gasteiger partial charge < -0.3 is 24.1 Å². The van der Waals surface area contributed by atoms with E-state index in [0.29, 0.717) is 54.6 Å². The fourth-order valence-electron chi connectivity index (χ4n) is 16.4. The lowest BCUT2D eigenvalue weighted by molar-refractivity contribution is -0.159. The summed E-state index contributed by atoms with van der Waals surface area (Å²) in [7, 11) is 1.50. The van der Waals surface area contributed by atoms with Crippen molar-refractivity contribution in [2.24, 2.45) is 124 Å². The zero-order valence-electron chi connectivity index (χ0n) is 30.1. The molecule has 1 N–H and O–H groups in total. The molecule has 10 rings (SSSR count). The zero-order chi connectivity index (χ0) is 35.2. The van der Waals surface area contributed by atoms with Crippen LogP contribution in [0.4, 0.5) is 0 Å². The molecule has 2 saturated heterocycles. The van der Waals surface area contributed by atoms with Gasteiger partial charge in [0.2, 0.25) is 0 Å². The van der Waals surface area contributed by atoms with Crippen molar-refractivity contribution in [3.8, 4) is 0 Å². The van der Waals surface area contributed by atoms with Gasteiger partial charge >= 0.3 is 29.8 Å². The van der Waals surface area contributed by atoms with Crippen molar-refractivity contribution in [1.29, 1.82) is 0 Å². The molecule has 2 aliphatic heterocycles. The summed E-state index contributed by atoms with van der Waals surface area (Å²) in [6.07, 6.45) is 8.53. The molecule has 2 heterocycles. The first kappa shape index (κ1) is 58.5. The van der Waals surface area contributed by atoms with Crippen LogP contribution in [-0.2, 0) is 42.9 Å². The fraction of sp³-hybridized carbons (Fsp3) is 0.902. The van der Waals surface area contributed by atoms with Gasteiger partial charge in [0.1, 0.15) is 12.7 Å². The number of fused-ring (bicyclic) bond motifs is 8. The number of ether oxygens (including phenoxy) is 4. The SMILES string of the molecule is C.C.C.C.C.C.C.C.C.C.COC(=O)C1CC2CC1C(C1C3CC(C(=O)O)C(C3)C1C1C3CC(C(=O)OCC4CO4)C(C3)C1C1C3CCC(C3)C1C1C(=O)OC(=O)C1C)C2C. The number of carbonyl (C=O) groups is 5. The zero-order valence-corrected chi connectivity index (χ0v) is 30.1. The summed E-state index contributed by atoms with van der Waals surface area (Å²) in [5.41, 5.74) is 0. The monoisotopic (exact) mass is 867 g/mol. The highest BCUT2D eigenvalue weighted by atomic mass is 16.6. The van der Waals surface area contributed by atoms with Gasteiger partial charge in [0.15, 0.2) is 0 Å². The number of cyclic esters (lactones) is 2. The summed E-state index contributed by atoms with van der Waals surface area (Å²) in [5, 5.41) is 10.6. The number of carboxylic acids is 1. The maximum atomic E-state index is 13.9. The first-order valence-electron chi connectivity index (χ1n) is 20.4. The van der Waals surface area contributed by atoms with Crippen LogP contribution in [-0.4, -0.2) is 61.4 Å². The number of hydrogen-bond acceptors (Lipinski definition) is 9. The first-order chi connectivity index (χ1) is 24.5. The molecule has 8 bridgehead atoms. The standard InChI is InChI=1S/C41H54O10.10CH4/c1-15-19-7-24(27(8-19)39(45)48-3)29(15)33-20-9-23(26(11-20)37(42)43)35(33)34-21-10-25(28(12-21)40(46)50-14-22-13-49-22)36(34)32-18-5-4-17(6-18)31(32)30-16(2)38(44)51-41(30)47;;;;;;;;;;/h15-36H,4-14H2,1-3H3,(H,42,43);10*1H4. The number of carbonyl (C=O) groups excluding carboxylic acids is 4. The number of methoxy groups -OCH3 is 1. The molecule has 0 aromatic carbocycles. The highest BCUT2D eigenvalue weighted by Crippen LogP contribution is 2.74. The summed E-state index contributed by atoms with van der Waals surface area (Å²) >= 11 is 0. The Kier molecular flexibility index (Phi) is 20.1. The molecule has 358 valence electrons. The van der Waals surface area contributed by atoms with Crippen LogP contribution in [0.2, 0.25) is 0 Å². The molecule has 0 radical (unpaired) electrons. The summed E-state index contributed by atoms with van der Waals surface area (Å²) in [4.78, 5) is 66.3. The van der Waals surface area contributed by atoms with Crippen LogP contribution in [0.5, 0.6) is 0 Å². The fourth-order valence-corrected chi connectivity index (χ4v) is 16.4. The van der Waals surface area contributed by atoms with Crippen LogP contribution in [0.1, 0.15) is 146 Å². The van der Waals surface area contributed by atoms with Gasteiger partial charge in [-0.1, -0.05) is 88.1 Å². The number of epoxide rings is 1. The Hall–Kier alpha value is -2.49. The maximum absolute atomic E-state index is 13.9. The van der Waals surface area contributed by atoms with Crippen molar-refractivity contribution < 1.29 is 48.0 Å². The van der Waals surface area contributed by atoms with Gasteiger partial charge in [0.25, 0.3) is 0 Å². The van der Waals surface area contributed by atoms with E-state index in [2.05, 4.69) is 6.92 Å². The summed E-state index contributed by atoms with van der Waals surface area (Å²) in [6, 6.07) is 0. The average molecular weight is 867 g/mol. The Balaban J connectivity index is 0.00000360. The smallest absolute Gasteiger partial charge is 0.317 e. The molecule has 61 heavy (non-hydrogen) atoms. The van der Waals surface area contributed by atoms with Gasteiger partial charge in [-0.3, -0.25) is 24.0 Å². The molecule has 10 nitrogen and oxygen atoms in total. The minimum Gasteiger partial charge on any atom is -0.481 e. The molecule has 0 spiro atoms. The van der Waals surface area contributed by atoms with Gasteiger partial charge in [-0.05, 0) is 152 Å². The van der Waals surface area contributed by atoms with Crippen molar-refractivity contribution in [1.82, 2.24) is 0 Å². The summed E-state index contributed by atoms with van der Waals surface area (Å²) in [5.74, 6) is 1.16. The van der Waals surface area contributed by atoms with E-state index in [1.54, 1.807) is 0 Å². The molecule has 22 atom stereocenters. The van der Waals surface area contributed by atoms with E-state index in [9.17, 15) is 29.1 Å². The van der Waals surface area contributed by atoms with Crippen LogP contribution in [0.25, 0.3) is 0 Å². The highest BCUT2D eigenvalue weighted by molar-refractivity contribution is 5.96. The normalized spacial score (nSPS) is 46.4. The molecule has 22 unspecified atom stereocenters. The molecule has 10 heteroatoms. The van der Waals surface area contributed by atoms with Crippen molar-refractivity contribution in [2.45, 2.75) is 152 Å². The van der Waals surface area contributed by atoms with Gasteiger partial charge in [-0.2, -0.15) is 0 Å². The Morgan fingerprint density at radius 3 is 1.54 bits per heavy atom. The number of esters is 4. The van der Waals surface area contributed by atoms with Crippen LogP contribution >= 0.6 is 0 Å². The first-order valence-corrected chi connectivity index (χ1v) is 20.4. The molecule has 8 aliphatic carbocycles. The second-order valence-electron chi connectivity index (χ2n) is 19.2. The molecular formula is C51H94O10. The second-order valence-corrected chi connectivity index (χ2v) is 19.2. The van der Waals surface area contributed by atoms with E-state index in [1.165, 1.54) is 7.11 Å². The van der Waals surface area contributed by atoms with Crippen molar-refractivity contribution >= 4 is 29.8 Å². The van der Waals surface area contributed by atoms with E-state index in [-0.39, 0.29) is 169 Å². The molecule has 10 fully saturated rings. The van der Waals surface area contributed by atoms with E-state index in [4.69, 9.17) is 18.9 Å². The Bertz CT molecular complexity index is 1520. The summed E-state index contributed by atoms with van der Waals surface area (Å²) in [6.45, 7) is 5.18. The van der Waals surface area contributed by atoms with Crippen LogP contribution in [0.3, 0.4) is 0 Å². The van der Waals surface area contributed by atoms with Crippen LogP contribution < -0.4 is 0 Å². The van der Waals surface area contributed by atoms with Crippen molar-refractivity contribution in [3.63, 3.8) is 0 Å². The third kappa shape index (κ3) is 8.49. The van der Waals surface area contributed by atoms with E-state index >= 15 is 0 Å². The Morgan fingerprint density at radius 2 is 1.03 bits per heavy atom. The van der Waals surface area contributed by atoms with Gasteiger partial charge in [-0.25, -0.2) is 0 Å². The van der Waals surface area contributed by atoms with Crippen molar-refractivity contribution in [3.05, 3.63) is 0 Å². The molecular weight excluding hydrogens is 773 g/mol. The van der Waals surface area contributed by atoms with Gasteiger partial charge in [-0.15, -0.1) is 0 Å². The predicted octanol–water partition coefficient (Wildman–Crippen LogP) is 11.2. The van der Waals surface area contributed by atoms with Crippen LogP contribution in [0.15, 0.2) is 0 Å². The number of hydrogen-bond donors (Lipinski definition) is 1. The molecule has 10 aliphatic rings. The quantitative estimate of drug-likeness (QED) is 0.103. The second kappa shape index (κ2) is 21.0. The molecule has 0 aromatic heterocycles. The van der Waals surface area contributed by atoms with Gasteiger partial charge in [0, 0.05) is 0 Å².